The number of nitrogens with one attached hydrogen (secondary N) is 3. The number of aromatic nitrogens is 7. The Kier molecular flexibility index (Phi) is 3.33. The van der Waals surface area contributed by atoms with Crippen LogP contribution in [0.25, 0.3) is 55.7 Å². The van der Waals surface area contributed by atoms with Crippen LogP contribution >= 0.6 is 0 Å². The second-order valence-electron chi connectivity index (χ2n) is 6.84. The van der Waals surface area contributed by atoms with Crippen molar-refractivity contribution in [2.75, 3.05) is 0 Å². The molecule has 0 aliphatic heterocycles. The number of H-pyrrole nitrogens is 3. The molecule has 5 heterocycles. The minimum Gasteiger partial charge on any atom is -0.353 e. The molecule has 0 radical (unpaired) electrons. The maximum atomic E-state index is 4.82. The Bertz CT molecular complexity index is 1440. The molecule has 6 rings (SSSR count). The van der Waals surface area contributed by atoms with Crippen LogP contribution in [0.1, 0.15) is 0 Å². The van der Waals surface area contributed by atoms with Crippen LogP contribution in [0.15, 0.2) is 73.3 Å². The number of benzene rings is 1. The smallest absolute Gasteiger partial charge is 0.135 e. The minimum absolute atomic E-state index is 0.790. The Morgan fingerprint density at radius 3 is 2.72 bits per heavy atom. The lowest BCUT2D eigenvalue weighted by Gasteiger charge is -2.02. The summed E-state index contributed by atoms with van der Waals surface area (Å²) in [7, 11) is 0. The molecule has 0 saturated carbocycles. The lowest BCUT2D eigenvalue weighted by molar-refractivity contribution is 1.09. The largest absolute Gasteiger partial charge is 0.353 e. The fraction of sp³-hybridized carbons (Fsp3) is 0. The zero-order valence-corrected chi connectivity index (χ0v) is 15.2. The summed E-state index contributed by atoms with van der Waals surface area (Å²) in [6.45, 7) is 0. The summed E-state index contributed by atoms with van der Waals surface area (Å²) in [5, 5.41) is 15.6. The average Bonchev–Trinajstić information content (AvgIpc) is 3.52. The third kappa shape index (κ3) is 2.52. The van der Waals surface area contributed by atoms with E-state index in [9.17, 15) is 0 Å². The number of hydrogen-bond donors (Lipinski definition) is 3. The number of hydrogen-bond acceptors (Lipinski definition) is 4. The molecule has 6 aromatic rings. The van der Waals surface area contributed by atoms with E-state index in [0.29, 0.717) is 0 Å². The van der Waals surface area contributed by atoms with Crippen molar-refractivity contribution in [1.82, 2.24) is 35.3 Å². The Morgan fingerprint density at radius 1 is 0.862 bits per heavy atom. The topological polar surface area (TPSA) is 98.9 Å². The quantitative estimate of drug-likeness (QED) is 0.421. The second kappa shape index (κ2) is 6.13. The molecule has 29 heavy (non-hydrogen) atoms. The van der Waals surface area contributed by atoms with E-state index < -0.39 is 0 Å². The number of rotatable bonds is 3. The van der Waals surface area contributed by atoms with Crippen molar-refractivity contribution in [3.05, 3.63) is 73.3 Å². The predicted molar refractivity (Wildman–Crippen MR) is 112 cm³/mol. The summed E-state index contributed by atoms with van der Waals surface area (Å²) in [5.41, 5.74) is 8.45. The molecule has 1 aromatic carbocycles. The molecule has 0 aliphatic carbocycles. The first kappa shape index (κ1) is 15.8. The first-order chi connectivity index (χ1) is 14.4. The first-order valence-corrected chi connectivity index (χ1v) is 9.23. The van der Waals surface area contributed by atoms with Gasteiger partial charge in [0, 0.05) is 40.6 Å². The first-order valence-electron chi connectivity index (χ1n) is 9.23. The monoisotopic (exact) mass is 377 g/mol. The van der Waals surface area contributed by atoms with Gasteiger partial charge >= 0.3 is 0 Å². The van der Waals surface area contributed by atoms with Gasteiger partial charge in [-0.1, -0.05) is 18.2 Å². The molecule has 7 nitrogen and oxygen atoms in total. The zero-order chi connectivity index (χ0) is 19.2. The predicted octanol–water partition coefficient (Wildman–Crippen LogP) is 4.56. The lowest BCUT2D eigenvalue weighted by Crippen LogP contribution is -1.84. The number of pyridine rings is 2. The van der Waals surface area contributed by atoms with Gasteiger partial charge in [0.25, 0.3) is 0 Å². The Labute approximate surface area is 164 Å². The highest BCUT2D eigenvalue weighted by Crippen LogP contribution is 2.33. The molecule has 0 fully saturated rings. The Hall–Kier alpha value is -4.26. The SMILES string of the molecule is c1cncc(-c2cccc3[nH]c(-c4n[nH]c5ccc(-c6cn[nH]c6)nc45)cc23)c1. The van der Waals surface area contributed by atoms with Crippen molar-refractivity contribution in [3.8, 4) is 33.8 Å². The van der Waals surface area contributed by atoms with Crippen molar-refractivity contribution >= 4 is 21.9 Å². The van der Waals surface area contributed by atoms with Crippen molar-refractivity contribution < 1.29 is 0 Å². The molecule has 0 bridgehead atoms. The normalized spacial score (nSPS) is 11.4. The molecule has 0 aliphatic rings. The third-order valence-electron chi connectivity index (χ3n) is 5.09. The van der Waals surface area contributed by atoms with Crippen LogP contribution in [0.4, 0.5) is 0 Å². The van der Waals surface area contributed by atoms with E-state index in [1.807, 2.05) is 36.7 Å². The van der Waals surface area contributed by atoms with Crippen molar-refractivity contribution in [1.29, 1.82) is 0 Å². The van der Waals surface area contributed by atoms with Gasteiger partial charge in [-0.15, -0.1) is 0 Å². The highest BCUT2D eigenvalue weighted by atomic mass is 15.1. The molecular formula is C22H15N7. The van der Waals surface area contributed by atoms with Crippen LogP contribution in [0, 0.1) is 0 Å². The molecule has 0 spiro atoms. The van der Waals surface area contributed by atoms with E-state index >= 15 is 0 Å². The van der Waals surface area contributed by atoms with Gasteiger partial charge in [-0.05, 0) is 35.9 Å². The maximum absolute atomic E-state index is 4.82. The molecule has 0 unspecified atom stereocenters. The third-order valence-corrected chi connectivity index (χ3v) is 5.09. The Balaban J connectivity index is 1.54. The fourth-order valence-electron chi connectivity index (χ4n) is 3.70. The van der Waals surface area contributed by atoms with E-state index in [1.165, 1.54) is 0 Å². The van der Waals surface area contributed by atoms with E-state index in [0.717, 1.165) is 55.7 Å². The van der Waals surface area contributed by atoms with Gasteiger partial charge in [0.05, 0.1) is 23.1 Å². The second-order valence-corrected chi connectivity index (χ2v) is 6.84. The van der Waals surface area contributed by atoms with Crippen LogP contribution in [-0.4, -0.2) is 35.3 Å². The molecule has 0 amide bonds. The van der Waals surface area contributed by atoms with Crippen LogP contribution < -0.4 is 0 Å². The zero-order valence-electron chi connectivity index (χ0n) is 15.2. The minimum atomic E-state index is 0.790. The molecule has 0 saturated heterocycles. The van der Waals surface area contributed by atoms with Crippen LogP contribution in [-0.2, 0) is 0 Å². The lowest BCUT2D eigenvalue weighted by atomic mass is 10.0. The highest BCUT2D eigenvalue weighted by Gasteiger charge is 2.15. The molecule has 3 N–H and O–H groups in total. The molecule has 0 atom stereocenters. The molecule has 7 heteroatoms. The number of nitrogens with zero attached hydrogens (tertiary/aromatic N) is 4. The van der Waals surface area contributed by atoms with Crippen molar-refractivity contribution in [2.45, 2.75) is 0 Å². The Morgan fingerprint density at radius 2 is 1.86 bits per heavy atom. The van der Waals surface area contributed by atoms with Gasteiger partial charge in [0.2, 0.25) is 0 Å². The van der Waals surface area contributed by atoms with Crippen molar-refractivity contribution in [3.63, 3.8) is 0 Å². The van der Waals surface area contributed by atoms with Crippen LogP contribution in [0.5, 0.6) is 0 Å². The maximum Gasteiger partial charge on any atom is 0.135 e. The summed E-state index contributed by atoms with van der Waals surface area (Å²) in [4.78, 5) is 12.6. The molecule has 138 valence electrons. The van der Waals surface area contributed by atoms with E-state index in [1.54, 1.807) is 12.4 Å². The van der Waals surface area contributed by atoms with Crippen LogP contribution in [0.2, 0.25) is 0 Å². The average molecular weight is 377 g/mol. The molecule has 5 aromatic heterocycles. The van der Waals surface area contributed by atoms with Gasteiger partial charge < -0.3 is 4.98 Å². The van der Waals surface area contributed by atoms with Gasteiger partial charge in [0.15, 0.2) is 0 Å². The summed E-state index contributed by atoms with van der Waals surface area (Å²) >= 11 is 0. The summed E-state index contributed by atoms with van der Waals surface area (Å²) < 4.78 is 0. The van der Waals surface area contributed by atoms with Crippen LogP contribution in [0.3, 0.4) is 0 Å². The standard InChI is InChI=1S/C22H15N7/c1-4-15(13-3-2-8-23-10-13)16-9-20(26-18(16)5-1)22-21-19(28-29-22)7-6-17(27-21)14-11-24-25-12-14/h1-12,26H,(H,24,25)(H,28,29). The van der Waals surface area contributed by atoms with E-state index in [2.05, 4.69) is 54.6 Å². The number of aromatic amines is 3. The summed E-state index contributed by atoms with van der Waals surface area (Å²) in [6, 6.07) is 16.3. The number of fused-ring (bicyclic) bond motifs is 2. The van der Waals surface area contributed by atoms with Gasteiger partial charge in [-0.2, -0.15) is 10.2 Å². The summed E-state index contributed by atoms with van der Waals surface area (Å²) in [5.74, 6) is 0. The summed E-state index contributed by atoms with van der Waals surface area (Å²) in [6.07, 6.45) is 7.25. The van der Waals surface area contributed by atoms with E-state index in [-0.39, 0.29) is 0 Å². The molecular weight excluding hydrogens is 362 g/mol. The fourth-order valence-corrected chi connectivity index (χ4v) is 3.70. The van der Waals surface area contributed by atoms with Gasteiger partial charge in [-0.25, -0.2) is 4.98 Å². The van der Waals surface area contributed by atoms with E-state index in [4.69, 9.17) is 4.98 Å². The van der Waals surface area contributed by atoms with Crippen molar-refractivity contribution in [2.24, 2.45) is 0 Å². The van der Waals surface area contributed by atoms with Gasteiger partial charge in [0.1, 0.15) is 11.2 Å². The van der Waals surface area contributed by atoms with Gasteiger partial charge in [-0.3, -0.25) is 15.2 Å². The highest BCUT2D eigenvalue weighted by molar-refractivity contribution is 6.00.